The highest BCUT2D eigenvalue weighted by Gasteiger charge is 2.12. The summed E-state index contributed by atoms with van der Waals surface area (Å²) in [6, 6.07) is 10.7. The van der Waals surface area contributed by atoms with Crippen LogP contribution in [0.3, 0.4) is 0 Å². The van der Waals surface area contributed by atoms with Gasteiger partial charge >= 0.3 is 0 Å². The van der Waals surface area contributed by atoms with Gasteiger partial charge in [-0.2, -0.15) is 4.98 Å². The highest BCUT2D eigenvalue weighted by Crippen LogP contribution is 2.16. The van der Waals surface area contributed by atoms with Crippen LogP contribution in [0.1, 0.15) is 21.7 Å². The molecule has 8 heteroatoms. The molecule has 0 spiro atoms. The molecule has 4 rings (SSSR count). The number of aromatic amines is 1. The maximum Gasteiger partial charge on any atom is 0.258 e. The van der Waals surface area contributed by atoms with E-state index in [0.29, 0.717) is 22.6 Å². The monoisotopic (exact) mass is 345 g/mol. The van der Waals surface area contributed by atoms with Crippen LogP contribution in [0.2, 0.25) is 0 Å². The van der Waals surface area contributed by atoms with Gasteiger partial charge in [0, 0.05) is 11.8 Å². The molecular weight excluding hydrogens is 330 g/mol. The zero-order chi connectivity index (χ0) is 18.1. The van der Waals surface area contributed by atoms with Gasteiger partial charge in [0.2, 0.25) is 5.95 Å². The Kier molecular flexibility index (Phi) is 3.85. The van der Waals surface area contributed by atoms with Gasteiger partial charge in [-0.1, -0.05) is 6.07 Å². The summed E-state index contributed by atoms with van der Waals surface area (Å²) in [5.74, 6) is 0.344. The molecule has 0 fully saturated rings. The molecule has 0 radical (unpaired) electrons. The number of anilines is 1. The molecule has 0 unspecified atom stereocenters. The van der Waals surface area contributed by atoms with Crippen molar-refractivity contribution >= 4 is 22.9 Å². The second kappa shape index (κ2) is 6.32. The fourth-order valence-corrected chi connectivity index (χ4v) is 2.48. The zero-order valence-corrected chi connectivity index (χ0v) is 14.2. The highest BCUT2D eigenvalue weighted by molar-refractivity contribution is 6.05. The molecule has 1 amide bonds. The van der Waals surface area contributed by atoms with E-state index in [4.69, 9.17) is 0 Å². The lowest BCUT2D eigenvalue weighted by Gasteiger charge is -2.05. The van der Waals surface area contributed by atoms with Gasteiger partial charge in [-0.15, -0.1) is 5.10 Å². The Hall–Kier alpha value is -3.68. The molecule has 0 aliphatic rings. The molecule has 128 valence electrons. The first-order valence-electron chi connectivity index (χ1n) is 8.00. The quantitative estimate of drug-likeness (QED) is 0.591. The van der Waals surface area contributed by atoms with E-state index in [1.165, 1.54) is 0 Å². The topological polar surface area (TPSA) is 109 Å². The third-order valence-corrected chi connectivity index (χ3v) is 3.96. The lowest BCUT2D eigenvalue weighted by molar-refractivity contribution is 0.102. The van der Waals surface area contributed by atoms with Crippen LogP contribution in [-0.4, -0.2) is 36.0 Å². The van der Waals surface area contributed by atoms with E-state index >= 15 is 0 Å². The Morgan fingerprint density at radius 2 is 1.81 bits per heavy atom. The Morgan fingerprint density at radius 1 is 1.00 bits per heavy atom. The number of nitrogens with zero attached hydrogens (tertiary/aromatic N) is 5. The number of carbonyl (C=O) groups excluding carboxylic acids is 1. The summed E-state index contributed by atoms with van der Waals surface area (Å²) in [6.07, 6.45) is 1.66. The predicted octanol–water partition coefficient (Wildman–Crippen LogP) is 2.68. The van der Waals surface area contributed by atoms with E-state index in [0.717, 1.165) is 16.9 Å². The number of aromatic nitrogens is 6. The molecule has 0 saturated heterocycles. The van der Waals surface area contributed by atoms with E-state index in [2.05, 4.69) is 35.5 Å². The molecule has 0 saturated carbocycles. The summed E-state index contributed by atoms with van der Waals surface area (Å²) in [5.41, 5.74) is 4.23. The lowest BCUT2D eigenvalue weighted by Crippen LogP contribution is -2.13. The van der Waals surface area contributed by atoms with E-state index < -0.39 is 0 Å². The van der Waals surface area contributed by atoms with Gasteiger partial charge in [0.25, 0.3) is 5.91 Å². The second-order valence-electron chi connectivity index (χ2n) is 5.77. The average Bonchev–Trinajstić information content (AvgIpc) is 3.11. The number of carbonyl (C=O) groups is 1. The smallest absolute Gasteiger partial charge is 0.258 e. The summed E-state index contributed by atoms with van der Waals surface area (Å²) in [7, 11) is 0. The van der Waals surface area contributed by atoms with Gasteiger partial charge in [0.05, 0.1) is 22.4 Å². The molecule has 2 N–H and O–H groups in total. The number of benzene rings is 1. The number of rotatable bonds is 3. The van der Waals surface area contributed by atoms with Crippen molar-refractivity contribution in [1.82, 2.24) is 30.1 Å². The molecule has 3 heterocycles. The van der Waals surface area contributed by atoms with Crippen molar-refractivity contribution in [3.05, 3.63) is 59.5 Å². The van der Waals surface area contributed by atoms with Crippen molar-refractivity contribution in [2.75, 3.05) is 5.32 Å². The summed E-state index contributed by atoms with van der Waals surface area (Å²) in [4.78, 5) is 29.9. The standard InChI is InChI=1S/C18H15N7O/c1-10-11(2)21-15-9-12(6-7-13(15)20-10)17(26)23-18-22-16(24-25-18)14-5-3-4-8-19-14/h3-9H,1-2H3,(H2,22,23,24,25,26). The average molecular weight is 345 g/mol. The maximum absolute atomic E-state index is 12.5. The van der Waals surface area contributed by atoms with E-state index in [-0.39, 0.29) is 11.9 Å². The van der Waals surface area contributed by atoms with Crippen LogP contribution in [0.25, 0.3) is 22.6 Å². The molecule has 0 bridgehead atoms. The maximum atomic E-state index is 12.5. The van der Waals surface area contributed by atoms with Gasteiger partial charge in [-0.25, -0.2) is 9.97 Å². The number of amides is 1. The fourth-order valence-electron chi connectivity index (χ4n) is 2.48. The van der Waals surface area contributed by atoms with Crippen molar-refractivity contribution in [3.8, 4) is 11.5 Å². The number of aryl methyl sites for hydroxylation is 2. The minimum absolute atomic E-state index is 0.182. The van der Waals surface area contributed by atoms with Gasteiger partial charge in [-0.3, -0.25) is 20.2 Å². The largest absolute Gasteiger partial charge is 0.289 e. The molecule has 4 aromatic rings. The minimum atomic E-state index is -0.321. The third-order valence-electron chi connectivity index (χ3n) is 3.96. The number of hydrogen-bond donors (Lipinski definition) is 2. The molecule has 0 atom stereocenters. The number of pyridine rings is 1. The first kappa shape index (κ1) is 15.8. The van der Waals surface area contributed by atoms with Gasteiger partial charge in [0.15, 0.2) is 5.82 Å². The van der Waals surface area contributed by atoms with Crippen LogP contribution in [-0.2, 0) is 0 Å². The summed E-state index contributed by atoms with van der Waals surface area (Å²) in [6.45, 7) is 3.80. The van der Waals surface area contributed by atoms with Crippen molar-refractivity contribution < 1.29 is 4.79 Å². The molecule has 0 aliphatic carbocycles. The Balaban J connectivity index is 1.58. The van der Waals surface area contributed by atoms with Crippen LogP contribution in [0.4, 0.5) is 5.95 Å². The van der Waals surface area contributed by atoms with Gasteiger partial charge in [-0.05, 0) is 44.2 Å². The van der Waals surface area contributed by atoms with Crippen LogP contribution in [0.5, 0.6) is 0 Å². The molecule has 0 aliphatic heterocycles. The van der Waals surface area contributed by atoms with Crippen LogP contribution in [0.15, 0.2) is 42.6 Å². The van der Waals surface area contributed by atoms with Crippen LogP contribution in [0, 0.1) is 13.8 Å². The van der Waals surface area contributed by atoms with Gasteiger partial charge < -0.3 is 0 Å². The van der Waals surface area contributed by atoms with Crippen LogP contribution < -0.4 is 5.32 Å². The highest BCUT2D eigenvalue weighted by atomic mass is 16.1. The SMILES string of the molecule is Cc1nc2ccc(C(=O)Nc3n[nH]c(-c4ccccn4)n3)cc2nc1C. The van der Waals surface area contributed by atoms with Gasteiger partial charge in [0.1, 0.15) is 5.69 Å². The number of nitrogens with one attached hydrogen (secondary N) is 2. The van der Waals surface area contributed by atoms with E-state index in [1.807, 2.05) is 26.0 Å². The second-order valence-corrected chi connectivity index (χ2v) is 5.77. The zero-order valence-electron chi connectivity index (χ0n) is 14.2. The molecule has 8 nitrogen and oxygen atoms in total. The Labute approximate surface area is 148 Å². The normalized spacial score (nSPS) is 10.8. The lowest BCUT2D eigenvalue weighted by atomic mass is 10.1. The number of fused-ring (bicyclic) bond motifs is 1. The first-order chi connectivity index (χ1) is 12.6. The number of H-pyrrole nitrogens is 1. The van der Waals surface area contributed by atoms with Crippen LogP contribution >= 0.6 is 0 Å². The molecule has 3 aromatic heterocycles. The molecular formula is C18H15N7O. The van der Waals surface area contributed by atoms with E-state index in [9.17, 15) is 4.79 Å². The minimum Gasteiger partial charge on any atom is -0.289 e. The first-order valence-corrected chi connectivity index (χ1v) is 8.00. The summed E-state index contributed by atoms with van der Waals surface area (Å²) < 4.78 is 0. The summed E-state index contributed by atoms with van der Waals surface area (Å²) in [5, 5.41) is 9.44. The molecule has 1 aromatic carbocycles. The predicted molar refractivity (Wildman–Crippen MR) is 96.6 cm³/mol. The molecule has 26 heavy (non-hydrogen) atoms. The van der Waals surface area contributed by atoms with Crippen molar-refractivity contribution in [3.63, 3.8) is 0 Å². The fraction of sp³-hybridized carbons (Fsp3) is 0.111. The number of hydrogen-bond acceptors (Lipinski definition) is 6. The van der Waals surface area contributed by atoms with Crippen molar-refractivity contribution in [2.45, 2.75) is 13.8 Å². The Bertz CT molecular complexity index is 1110. The van der Waals surface area contributed by atoms with Crippen molar-refractivity contribution in [1.29, 1.82) is 0 Å². The third kappa shape index (κ3) is 3.00. The Morgan fingerprint density at radius 3 is 2.58 bits per heavy atom. The van der Waals surface area contributed by atoms with Crippen molar-refractivity contribution in [2.24, 2.45) is 0 Å². The summed E-state index contributed by atoms with van der Waals surface area (Å²) >= 11 is 0. The van der Waals surface area contributed by atoms with E-state index in [1.54, 1.807) is 30.5 Å².